The largest absolute Gasteiger partial charge is 0.466 e. The molecule has 0 saturated heterocycles. The summed E-state index contributed by atoms with van der Waals surface area (Å²) in [6, 6.07) is 12.3. The highest BCUT2D eigenvalue weighted by Crippen LogP contribution is 2.16. The van der Waals surface area contributed by atoms with Crippen LogP contribution >= 0.6 is 0 Å². The Morgan fingerprint density at radius 1 is 1.00 bits per heavy atom. The highest BCUT2D eigenvalue weighted by Gasteiger charge is 1.99. The van der Waals surface area contributed by atoms with E-state index in [-0.39, 0.29) is 0 Å². The maximum atomic E-state index is 5.45. The van der Waals surface area contributed by atoms with Crippen molar-refractivity contribution in [1.82, 2.24) is 0 Å². The predicted octanol–water partition coefficient (Wildman–Crippen LogP) is 4.07. The molecule has 0 fully saturated rings. The molecular formula is C14H14O. The normalized spacial score (nSPS) is 11.1. The second-order valence-electron chi connectivity index (χ2n) is 3.61. The van der Waals surface area contributed by atoms with Crippen LogP contribution in [0, 0.1) is 13.8 Å². The molecule has 0 aliphatic carbocycles. The lowest BCUT2D eigenvalue weighted by Crippen LogP contribution is -1.71. The molecule has 15 heavy (non-hydrogen) atoms. The van der Waals surface area contributed by atoms with Gasteiger partial charge in [-0.25, -0.2) is 0 Å². The quantitative estimate of drug-likeness (QED) is 0.709. The van der Waals surface area contributed by atoms with Crippen LogP contribution in [-0.4, -0.2) is 0 Å². The fourth-order valence-electron chi connectivity index (χ4n) is 1.57. The molecule has 0 atom stereocenters. The number of hydrogen-bond donors (Lipinski definition) is 0. The molecule has 0 aliphatic rings. The summed E-state index contributed by atoms with van der Waals surface area (Å²) in [5.74, 6) is 1.93. The Bertz CT molecular complexity index is 463. The number of benzene rings is 1. The van der Waals surface area contributed by atoms with Gasteiger partial charge in [-0.15, -0.1) is 0 Å². The van der Waals surface area contributed by atoms with Crippen LogP contribution in [0.2, 0.25) is 0 Å². The predicted molar refractivity (Wildman–Crippen MR) is 63.6 cm³/mol. The van der Waals surface area contributed by atoms with Crippen molar-refractivity contribution in [3.8, 4) is 0 Å². The summed E-state index contributed by atoms with van der Waals surface area (Å²) < 4.78 is 5.45. The van der Waals surface area contributed by atoms with Crippen LogP contribution < -0.4 is 0 Å². The molecule has 0 aliphatic heterocycles. The summed E-state index contributed by atoms with van der Waals surface area (Å²) in [4.78, 5) is 0. The smallest absolute Gasteiger partial charge is 0.108 e. The van der Waals surface area contributed by atoms with Crippen LogP contribution in [0.5, 0.6) is 0 Å². The first kappa shape index (κ1) is 9.78. The molecule has 0 saturated carbocycles. The van der Waals surface area contributed by atoms with Gasteiger partial charge >= 0.3 is 0 Å². The Kier molecular flexibility index (Phi) is 2.72. The Morgan fingerprint density at radius 3 is 2.33 bits per heavy atom. The number of furan rings is 1. The molecule has 1 heterocycles. The van der Waals surface area contributed by atoms with Crippen molar-refractivity contribution in [3.05, 3.63) is 59.0 Å². The Labute approximate surface area is 90.1 Å². The van der Waals surface area contributed by atoms with E-state index in [1.807, 2.05) is 32.0 Å². The zero-order valence-electron chi connectivity index (χ0n) is 9.03. The lowest BCUT2D eigenvalue weighted by molar-refractivity contribution is 0.504. The second-order valence-corrected chi connectivity index (χ2v) is 3.61. The minimum absolute atomic E-state index is 0.959. The van der Waals surface area contributed by atoms with Gasteiger partial charge < -0.3 is 4.42 Å². The molecular weight excluding hydrogens is 184 g/mol. The maximum absolute atomic E-state index is 5.45. The molecule has 0 amide bonds. The minimum atomic E-state index is 0.959. The summed E-state index contributed by atoms with van der Waals surface area (Å²) in [6.45, 7) is 3.95. The van der Waals surface area contributed by atoms with Gasteiger partial charge in [0.2, 0.25) is 0 Å². The van der Waals surface area contributed by atoms with Crippen molar-refractivity contribution in [2.24, 2.45) is 0 Å². The van der Waals surface area contributed by atoms with Crippen molar-refractivity contribution < 1.29 is 4.42 Å². The highest BCUT2D eigenvalue weighted by molar-refractivity contribution is 5.70. The molecule has 0 radical (unpaired) electrons. The molecule has 76 valence electrons. The number of hydrogen-bond acceptors (Lipinski definition) is 1. The first-order valence-corrected chi connectivity index (χ1v) is 5.06. The third kappa shape index (κ3) is 2.38. The SMILES string of the molecule is Cc1cc(/C=C/c2ccccc2)c(C)o1. The first-order valence-electron chi connectivity index (χ1n) is 5.06. The molecule has 1 heteroatoms. The molecule has 0 unspecified atom stereocenters. The van der Waals surface area contributed by atoms with Crippen molar-refractivity contribution in [2.75, 3.05) is 0 Å². The Hall–Kier alpha value is -1.76. The monoisotopic (exact) mass is 198 g/mol. The van der Waals surface area contributed by atoms with Crippen LogP contribution in [0.3, 0.4) is 0 Å². The van der Waals surface area contributed by atoms with Gasteiger partial charge in [-0.3, -0.25) is 0 Å². The lowest BCUT2D eigenvalue weighted by atomic mass is 10.1. The van der Waals surface area contributed by atoms with Gasteiger partial charge in [0.05, 0.1) is 0 Å². The van der Waals surface area contributed by atoms with E-state index >= 15 is 0 Å². The van der Waals surface area contributed by atoms with E-state index < -0.39 is 0 Å². The van der Waals surface area contributed by atoms with Crippen molar-refractivity contribution in [2.45, 2.75) is 13.8 Å². The van der Waals surface area contributed by atoms with Crippen LogP contribution in [0.25, 0.3) is 12.2 Å². The van der Waals surface area contributed by atoms with Crippen LogP contribution in [0.1, 0.15) is 22.6 Å². The van der Waals surface area contributed by atoms with Gasteiger partial charge in [-0.1, -0.05) is 42.5 Å². The average Bonchev–Trinajstić information content (AvgIpc) is 2.56. The molecule has 0 bridgehead atoms. The zero-order chi connectivity index (χ0) is 10.7. The molecule has 1 nitrogen and oxygen atoms in total. The fourth-order valence-corrected chi connectivity index (χ4v) is 1.57. The van der Waals surface area contributed by atoms with E-state index in [0.29, 0.717) is 0 Å². The highest BCUT2D eigenvalue weighted by atomic mass is 16.3. The van der Waals surface area contributed by atoms with Gasteiger partial charge in [0.15, 0.2) is 0 Å². The number of rotatable bonds is 2. The minimum Gasteiger partial charge on any atom is -0.466 e. The number of aryl methyl sites for hydroxylation is 2. The summed E-state index contributed by atoms with van der Waals surface area (Å²) in [5.41, 5.74) is 2.35. The summed E-state index contributed by atoms with van der Waals surface area (Å²) in [6.07, 6.45) is 4.18. The summed E-state index contributed by atoms with van der Waals surface area (Å²) in [5, 5.41) is 0. The van der Waals surface area contributed by atoms with Gasteiger partial charge in [0.25, 0.3) is 0 Å². The van der Waals surface area contributed by atoms with Crippen LogP contribution in [0.15, 0.2) is 40.8 Å². The maximum Gasteiger partial charge on any atom is 0.108 e. The third-order valence-electron chi connectivity index (χ3n) is 2.33. The van der Waals surface area contributed by atoms with E-state index in [2.05, 4.69) is 30.4 Å². The van der Waals surface area contributed by atoms with Gasteiger partial charge in [0, 0.05) is 5.56 Å². The average molecular weight is 198 g/mol. The standard InChI is InChI=1S/C14H14O/c1-11-10-14(12(2)15-11)9-8-13-6-4-3-5-7-13/h3-10H,1-2H3/b9-8+. The van der Waals surface area contributed by atoms with Crippen LogP contribution in [0.4, 0.5) is 0 Å². The van der Waals surface area contributed by atoms with E-state index in [0.717, 1.165) is 17.1 Å². The van der Waals surface area contributed by atoms with Gasteiger partial charge in [-0.2, -0.15) is 0 Å². The molecule has 2 rings (SSSR count). The summed E-state index contributed by atoms with van der Waals surface area (Å²) in [7, 11) is 0. The lowest BCUT2D eigenvalue weighted by Gasteiger charge is -1.91. The van der Waals surface area contributed by atoms with Crippen molar-refractivity contribution in [3.63, 3.8) is 0 Å². The summed E-state index contributed by atoms with van der Waals surface area (Å²) >= 11 is 0. The molecule has 2 aromatic rings. The van der Waals surface area contributed by atoms with Crippen LogP contribution in [-0.2, 0) is 0 Å². The fraction of sp³-hybridized carbons (Fsp3) is 0.143. The van der Waals surface area contributed by atoms with Crippen molar-refractivity contribution in [1.29, 1.82) is 0 Å². The van der Waals surface area contributed by atoms with Gasteiger partial charge in [0.1, 0.15) is 11.5 Å². The third-order valence-corrected chi connectivity index (χ3v) is 2.33. The second kappa shape index (κ2) is 4.18. The first-order chi connectivity index (χ1) is 7.25. The Morgan fingerprint density at radius 2 is 1.73 bits per heavy atom. The van der Waals surface area contributed by atoms with Gasteiger partial charge in [-0.05, 0) is 25.5 Å². The van der Waals surface area contributed by atoms with E-state index in [1.54, 1.807) is 0 Å². The van der Waals surface area contributed by atoms with E-state index in [1.165, 1.54) is 5.56 Å². The van der Waals surface area contributed by atoms with E-state index in [9.17, 15) is 0 Å². The molecule has 0 spiro atoms. The topological polar surface area (TPSA) is 13.1 Å². The molecule has 1 aromatic heterocycles. The zero-order valence-corrected chi connectivity index (χ0v) is 9.03. The van der Waals surface area contributed by atoms with E-state index in [4.69, 9.17) is 4.42 Å². The Balaban J connectivity index is 2.22. The van der Waals surface area contributed by atoms with Crippen molar-refractivity contribution >= 4 is 12.2 Å². The molecule has 1 aromatic carbocycles. The molecule has 0 N–H and O–H groups in total.